The molecule has 0 bridgehead atoms. The topological polar surface area (TPSA) is 38.8 Å². The fourth-order valence-corrected chi connectivity index (χ4v) is 0.634. The van der Waals surface area contributed by atoms with E-state index in [0.29, 0.717) is 0 Å². The Bertz CT molecular complexity index is 182. The molecule has 1 aliphatic heterocycles. The first-order valence-electron chi connectivity index (χ1n) is 2.73. The SMILES string of the molecule is COC(=O)[C@@]1(C(F)(F)F)CO1. The summed E-state index contributed by atoms with van der Waals surface area (Å²) in [5, 5.41) is 0. The Morgan fingerprint density at radius 3 is 2.18 bits per heavy atom. The Morgan fingerprint density at radius 2 is 2.09 bits per heavy atom. The van der Waals surface area contributed by atoms with Crippen LogP contribution < -0.4 is 0 Å². The van der Waals surface area contributed by atoms with E-state index >= 15 is 0 Å². The lowest BCUT2D eigenvalue weighted by molar-refractivity contribution is -0.202. The quantitative estimate of drug-likeness (QED) is 0.424. The molecule has 64 valence electrons. The van der Waals surface area contributed by atoms with E-state index in [1.54, 1.807) is 0 Å². The van der Waals surface area contributed by atoms with Gasteiger partial charge >= 0.3 is 12.1 Å². The monoisotopic (exact) mass is 170 g/mol. The third kappa shape index (κ3) is 1.07. The normalized spacial score (nSPS) is 29.8. The molecule has 0 aromatic carbocycles. The van der Waals surface area contributed by atoms with Gasteiger partial charge in [0.2, 0.25) is 0 Å². The fraction of sp³-hybridized carbons (Fsp3) is 0.800. The van der Waals surface area contributed by atoms with Gasteiger partial charge in [-0.3, -0.25) is 0 Å². The molecule has 1 heterocycles. The highest BCUT2D eigenvalue weighted by molar-refractivity contribution is 5.83. The largest absolute Gasteiger partial charge is 0.467 e. The molecule has 11 heavy (non-hydrogen) atoms. The summed E-state index contributed by atoms with van der Waals surface area (Å²) in [5.41, 5.74) is -2.66. The number of hydrogen-bond donors (Lipinski definition) is 0. The van der Waals surface area contributed by atoms with Crippen LogP contribution in [0.3, 0.4) is 0 Å². The summed E-state index contributed by atoms with van der Waals surface area (Å²) < 4.78 is 43.7. The molecule has 0 spiro atoms. The Hall–Kier alpha value is -0.780. The van der Waals surface area contributed by atoms with Crippen LogP contribution in [0, 0.1) is 0 Å². The van der Waals surface area contributed by atoms with Gasteiger partial charge in [0.25, 0.3) is 5.60 Å². The van der Waals surface area contributed by atoms with Crippen molar-refractivity contribution < 1.29 is 27.4 Å². The van der Waals surface area contributed by atoms with Gasteiger partial charge in [-0.1, -0.05) is 0 Å². The molecule has 1 aliphatic rings. The molecule has 1 saturated heterocycles. The average molecular weight is 170 g/mol. The van der Waals surface area contributed by atoms with Gasteiger partial charge in [-0.15, -0.1) is 0 Å². The molecule has 0 radical (unpaired) electrons. The Kier molecular flexibility index (Phi) is 1.59. The zero-order valence-electron chi connectivity index (χ0n) is 5.57. The summed E-state index contributed by atoms with van der Waals surface area (Å²) >= 11 is 0. The molecule has 0 unspecified atom stereocenters. The van der Waals surface area contributed by atoms with Gasteiger partial charge in [0.1, 0.15) is 0 Å². The molecule has 0 saturated carbocycles. The van der Waals surface area contributed by atoms with Crippen LogP contribution in [0.15, 0.2) is 0 Å². The summed E-state index contributed by atoms with van der Waals surface area (Å²) in [6.45, 7) is -0.636. The minimum Gasteiger partial charge on any atom is -0.467 e. The molecule has 0 aliphatic carbocycles. The van der Waals surface area contributed by atoms with Crippen LogP contribution in [-0.2, 0) is 14.3 Å². The van der Waals surface area contributed by atoms with Gasteiger partial charge in [0.05, 0.1) is 13.7 Å². The van der Waals surface area contributed by atoms with E-state index in [2.05, 4.69) is 9.47 Å². The van der Waals surface area contributed by atoms with E-state index < -0.39 is 24.4 Å². The molecule has 1 fully saturated rings. The highest BCUT2D eigenvalue weighted by Crippen LogP contribution is 2.44. The third-order valence-corrected chi connectivity index (χ3v) is 1.41. The Labute approximate surface area is 60.1 Å². The number of carbonyl (C=O) groups excluding carboxylic acids is 1. The van der Waals surface area contributed by atoms with Crippen molar-refractivity contribution in [2.45, 2.75) is 11.8 Å². The first-order chi connectivity index (χ1) is 4.94. The highest BCUT2D eigenvalue weighted by atomic mass is 19.4. The smallest absolute Gasteiger partial charge is 0.430 e. The van der Waals surface area contributed by atoms with Gasteiger partial charge in [0, 0.05) is 0 Å². The summed E-state index contributed by atoms with van der Waals surface area (Å²) in [7, 11) is 0.886. The lowest BCUT2D eigenvalue weighted by Gasteiger charge is -2.12. The van der Waals surface area contributed by atoms with Gasteiger partial charge in [-0.2, -0.15) is 13.2 Å². The van der Waals surface area contributed by atoms with E-state index in [-0.39, 0.29) is 0 Å². The zero-order chi connectivity index (χ0) is 8.70. The van der Waals surface area contributed by atoms with E-state index in [4.69, 9.17) is 0 Å². The van der Waals surface area contributed by atoms with Crippen molar-refractivity contribution in [1.82, 2.24) is 0 Å². The summed E-state index contributed by atoms with van der Waals surface area (Å²) in [6, 6.07) is 0. The predicted molar refractivity (Wildman–Crippen MR) is 26.8 cm³/mol. The molecule has 0 aromatic rings. The van der Waals surface area contributed by atoms with Crippen molar-refractivity contribution in [3.8, 4) is 0 Å². The van der Waals surface area contributed by atoms with Crippen LogP contribution in [0.2, 0.25) is 0 Å². The average Bonchev–Trinajstić information content (AvgIpc) is 2.63. The van der Waals surface area contributed by atoms with Crippen LogP contribution in [0.4, 0.5) is 13.2 Å². The maximum Gasteiger partial charge on any atom is 0.430 e. The Balaban J connectivity index is 2.76. The van der Waals surface area contributed by atoms with Crippen LogP contribution in [-0.4, -0.2) is 31.5 Å². The van der Waals surface area contributed by atoms with E-state index in [9.17, 15) is 18.0 Å². The fourth-order valence-electron chi connectivity index (χ4n) is 0.634. The van der Waals surface area contributed by atoms with Crippen LogP contribution >= 0.6 is 0 Å². The second kappa shape index (κ2) is 2.10. The molecule has 6 heteroatoms. The Morgan fingerprint density at radius 1 is 1.64 bits per heavy atom. The summed E-state index contributed by atoms with van der Waals surface area (Å²) in [4.78, 5) is 10.5. The molecule has 1 atom stereocenters. The van der Waals surface area contributed by atoms with Crippen molar-refractivity contribution in [3.63, 3.8) is 0 Å². The van der Waals surface area contributed by atoms with Crippen molar-refractivity contribution in [2.75, 3.05) is 13.7 Å². The van der Waals surface area contributed by atoms with Crippen molar-refractivity contribution in [2.24, 2.45) is 0 Å². The predicted octanol–water partition coefficient (Wildman–Crippen LogP) is 0.491. The number of esters is 1. The first kappa shape index (κ1) is 8.32. The minimum absolute atomic E-state index is 0.636. The minimum atomic E-state index is -4.67. The van der Waals surface area contributed by atoms with Crippen molar-refractivity contribution in [1.29, 1.82) is 0 Å². The number of hydrogen-bond acceptors (Lipinski definition) is 3. The highest BCUT2D eigenvalue weighted by Gasteiger charge is 2.72. The van der Waals surface area contributed by atoms with Crippen LogP contribution in [0.25, 0.3) is 0 Å². The molecule has 1 rings (SSSR count). The molecular formula is C5H5F3O3. The van der Waals surface area contributed by atoms with Crippen LogP contribution in [0.1, 0.15) is 0 Å². The van der Waals surface area contributed by atoms with E-state index in [0.717, 1.165) is 7.11 Å². The van der Waals surface area contributed by atoms with Gasteiger partial charge in [0.15, 0.2) is 0 Å². The van der Waals surface area contributed by atoms with E-state index in [1.165, 1.54) is 0 Å². The number of methoxy groups -OCH3 is 1. The number of halogens is 3. The summed E-state index contributed by atoms with van der Waals surface area (Å²) in [6.07, 6.45) is -4.67. The lowest BCUT2D eigenvalue weighted by Crippen LogP contribution is -2.41. The zero-order valence-corrected chi connectivity index (χ0v) is 5.57. The summed E-state index contributed by atoms with van der Waals surface area (Å²) in [5.74, 6) is -1.38. The van der Waals surface area contributed by atoms with Crippen molar-refractivity contribution in [3.05, 3.63) is 0 Å². The third-order valence-electron chi connectivity index (χ3n) is 1.41. The second-order valence-corrected chi connectivity index (χ2v) is 2.11. The maximum atomic E-state index is 11.9. The first-order valence-corrected chi connectivity index (χ1v) is 2.73. The molecule has 0 N–H and O–H groups in total. The van der Waals surface area contributed by atoms with E-state index in [1.807, 2.05) is 0 Å². The number of alkyl halides is 3. The molecule has 3 nitrogen and oxygen atoms in total. The standard InChI is InChI=1S/C5H5F3O3/c1-10-3(9)4(2-11-4)5(6,7)8/h2H2,1H3/t4-/m1/s1. The molecule has 0 aromatic heterocycles. The number of carbonyl (C=O) groups is 1. The van der Waals surface area contributed by atoms with Crippen LogP contribution in [0.5, 0.6) is 0 Å². The van der Waals surface area contributed by atoms with Crippen molar-refractivity contribution >= 4 is 5.97 Å². The maximum absolute atomic E-state index is 11.9. The number of rotatable bonds is 1. The number of epoxide rings is 1. The molecule has 0 amide bonds. The lowest BCUT2D eigenvalue weighted by atomic mass is 10.1. The molecular weight excluding hydrogens is 165 g/mol. The van der Waals surface area contributed by atoms with Gasteiger partial charge in [-0.05, 0) is 0 Å². The van der Waals surface area contributed by atoms with Gasteiger partial charge in [-0.25, -0.2) is 4.79 Å². The number of ether oxygens (including phenoxy) is 2. The van der Waals surface area contributed by atoms with Gasteiger partial charge < -0.3 is 9.47 Å². The second-order valence-electron chi connectivity index (χ2n) is 2.11.